The third-order valence-corrected chi connectivity index (χ3v) is 5.76. The molecule has 0 bridgehead atoms. The lowest BCUT2D eigenvalue weighted by molar-refractivity contribution is 0.0690. The molecule has 5 nitrogen and oxygen atoms in total. The Morgan fingerprint density at radius 3 is 2.54 bits per heavy atom. The largest absolute Gasteiger partial charge is 0.339 e. The Hall–Kier alpha value is -1.43. The second-order valence-corrected chi connectivity index (χ2v) is 7.82. The average molecular weight is 359 g/mol. The number of hydrogen-bond acceptors (Lipinski definition) is 4. The SMILES string of the molecule is CCNCC1CCN(C(=O)c2cccc(CN3CCN(C)CC3)c2)CC1. The van der Waals surface area contributed by atoms with Crippen LogP contribution in [0, 0.1) is 5.92 Å². The summed E-state index contributed by atoms with van der Waals surface area (Å²) in [4.78, 5) is 19.8. The lowest BCUT2D eigenvalue weighted by atomic mass is 9.96. The number of piperidine rings is 1. The van der Waals surface area contributed by atoms with E-state index >= 15 is 0 Å². The van der Waals surface area contributed by atoms with Crippen LogP contribution in [0.5, 0.6) is 0 Å². The van der Waals surface area contributed by atoms with Gasteiger partial charge in [0.05, 0.1) is 0 Å². The van der Waals surface area contributed by atoms with Crippen molar-refractivity contribution < 1.29 is 4.79 Å². The van der Waals surface area contributed by atoms with Crippen LogP contribution in [0.15, 0.2) is 24.3 Å². The normalized spacial score (nSPS) is 20.5. The van der Waals surface area contributed by atoms with E-state index in [1.54, 1.807) is 0 Å². The van der Waals surface area contributed by atoms with Crippen LogP contribution in [0.4, 0.5) is 0 Å². The predicted molar refractivity (Wildman–Crippen MR) is 106 cm³/mol. The van der Waals surface area contributed by atoms with Gasteiger partial charge in [0.15, 0.2) is 0 Å². The molecular formula is C21H34N4O. The Bertz CT molecular complexity index is 575. The summed E-state index contributed by atoms with van der Waals surface area (Å²) in [7, 11) is 2.18. The minimum Gasteiger partial charge on any atom is -0.339 e. The molecule has 2 heterocycles. The van der Waals surface area contributed by atoms with Gasteiger partial charge in [-0.05, 0) is 56.6 Å². The number of amides is 1. The van der Waals surface area contributed by atoms with Crippen molar-refractivity contribution in [2.24, 2.45) is 5.92 Å². The van der Waals surface area contributed by atoms with Crippen LogP contribution >= 0.6 is 0 Å². The lowest BCUT2D eigenvalue weighted by Crippen LogP contribution is -2.44. The van der Waals surface area contributed by atoms with Crippen LogP contribution in [0.25, 0.3) is 0 Å². The fraction of sp³-hybridized carbons (Fsp3) is 0.667. The molecule has 144 valence electrons. The van der Waals surface area contributed by atoms with E-state index in [0.29, 0.717) is 5.92 Å². The number of nitrogens with one attached hydrogen (secondary N) is 1. The van der Waals surface area contributed by atoms with Crippen LogP contribution in [0.3, 0.4) is 0 Å². The van der Waals surface area contributed by atoms with E-state index in [9.17, 15) is 4.79 Å². The topological polar surface area (TPSA) is 38.8 Å². The number of carbonyl (C=O) groups is 1. The summed E-state index contributed by atoms with van der Waals surface area (Å²) in [5.74, 6) is 0.912. The summed E-state index contributed by atoms with van der Waals surface area (Å²) in [6, 6.07) is 8.26. The summed E-state index contributed by atoms with van der Waals surface area (Å²) < 4.78 is 0. The highest BCUT2D eigenvalue weighted by atomic mass is 16.2. The molecule has 2 fully saturated rings. The van der Waals surface area contributed by atoms with Crippen LogP contribution in [-0.2, 0) is 6.54 Å². The summed E-state index contributed by atoms with van der Waals surface area (Å²) >= 11 is 0. The number of rotatable bonds is 6. The third-order valence-electron chi connectivity index (χ3n) is 5.76. The number of hydrogen-bond donors (Lipinski definition) is 1. The Morgan fingerprint density at radius 1 is 1.12 bits per heavy atom. The third kappa shape index (κ3) is 5.29. The second kappa shape index (κ2) is 9.49. The van der Waals surface area contributed by atoms with Crippen molar-refractivity contribution in [2.75, 3.05) is 59.4 Å². The standard InChI is InChI=1S/C21H34N4O/c1-3-22-16-18-7-9-25(10-8-18)21(26)20-6-4-5-19(15-20)17-24-13-11-23(2)12-14-24/h4-6,15,18,22H,3,7-14,16-17H2,1-2H3. The molecular weight excluding hydrogens is 324 g/mol. The van der Waals surface area contributed by atoms with Gasteiger partial charge in [-0.3, -0.25) is 9.69 Å². The zero-order valence-electron chi connectivity index (χ0n) is 16.4. The highest BCUT2D eigenvalue weighted by molar-refractivity contribution is 5.94. The predicted octanol–water partition coefficient (Wildman–Crippen LogP) is 1.90. The highest BCUT2D eigenvalue weighted by Gasteiger charge is 2.23. The number of nitrogens with zero attached hydrogens (tertiary/aromatic N) is 3. The maximum absolute atomic E-state index is 12.9. The molecule has 0 radical (unpaired) electrons. The van der Waals surface area contributed by atoms with Gasteiger partial charge in [-0.25, -0.2) is 0 Å². The molecule has 3 rings (SSSR count). The van der Waals surface area contributed by atoms with E-state index in [1.807, 2.05) is 17.0 Å². The minimum absolute atomic E-state index is 0.201. The molecule has 0 aliphatic carbocycles. The van der Waals surface area contributed by atoms with Crippen LogP contribution in [0.1, 0.15) is 35.7 Å². The van der Waals surface area contributed by atoms with E-state index in [4.69, 9.17) is 0 Å². The van der Waals surface area contributed by atoms with Gasteiger partial charge in [-0.1, -0.05) is 19.1 Å². The first-order valence-electron chi connectivity index (χ1n) is 10.2. The Kier molecular flexibility index (Phi) is 7.06. The summed E-state index contributed by atoms with van der Waals surface area (Å²) in [6.07, 6.45) is 2.22. The van der Waals surface area contributed by atoms with Gasteiger partial charge in [0.2, 0.25) is 0 Å². The Labute approximate surface area is 158 Å². The minimum atomic E-state index is 0.201. The summed E-state index contributed by atoms with van der Waals surface area (Å²) in [5.41, 5.74) is 2.10. The molecule has 0 saturated carbocycles. The first-order chi connectivity index (χ1) is 12.7. The zero-order valence-corrected chi connectivity index (χ0v) is 16.4. The van der Waals surface area contributed by atoms with E-state index in [-0.39, 0.29) is 5.91 Å². The summed E-state index contributed by atoms with van der Waals surface area (Å²) in [6.45, 7) is 11.4. The van der Waals surface area contributed by atoms with E-state index < -0.39 is 0 Å². The quantitative estimate of drug-likeness (QED) is 0.843. The molecule has 0 spiro atoms. The van der Waals surface area contributed by atoms with Crippen molar-refractivity contribution in [1.82, 2.24) is 20.0 Å². The zero-order chi connectivity index (χ0) is 18.4. The van der Waals surface area contributed by atoms with Gasteiger partial charge in [0, 0.05) is 51.4 Å². The van der Waals surface area contributed by atoms with Gasteiger partial charge in [0.1, 0.15) is 0 Å². The molecule has 0 aromatic heterocycles. The van der Waals surface area contributed by atoms with Crippen molar-refractivity contribution >= 4 is 5.91 Å². The van der Waals surface area contributed by atoms with Crippen molar-refractivity contribution in [3.05, 3.63) is 35.4 Å². The van der Waals surface area contributed by atoms with Crippen molar-refractivity contribution in [3.8, 4) is 0 Å². The lowest BCUT2D eigenvalue weighted by Gasteiger charge is -2.33. The molecule has 5 heteroatoms. The van der Waals surface area contributed by atoms with E-state index in [2.05, 4.69) is 41.2 Å². The highest BCUT2D eigenvalue weighted by Crippen LogP contribution is 2.19. The fourth-order valence-electron chi connectivity index (χ4n) is 3.94. The van der Waals surface area contributed by atoms with E-state index in [1.165, 1.54) is 5.56 Å². The van der Waals surface area contributed by atoms with Gasteiger partial charge in [-0.15, -0.1) is 0 Å². The maximum Gasteiger partial charge on any atom is 0.253 e. The molecule has 0 atom stereocenters. The number of likely N-dealkylation sites (tertiary alicyclic amines) is 1. The molecule has 2 aliphatic heterocycles. The Balaban J connectivity index is 1.53. The molecule has 1 amide bonds. The summed E-state index contributed by atoms with van der Waals surface area (Å²) in [5, 5.41) is 3.43. The molecule has 2 saturated heterocycles. The average Bonchev–Trinajstić information content (AvgIpc) is 2.68. The first-order valence-corrected chi connectivity index (χ1v) is 10.2. The number of carbonyl (C=O) groups excluding carboxylic acids is 1. The van der Waals surface area contributed by atoms with E-state index in [0.717, 1.165) is 77.3 Å². The second-order valence-electron chi connectivity index (χ2n) is 7.82. The monoisotopic (exact) mass is 358 g/mol. The number of likely N-dealkylation sites (N-methyl/N-ethyl adjacent to an activating group) is 1. The fourth-order valence-corrected chi connectivity index (χ4v) is 3.94. The molecule has 1 aromatic rings. The number of piperazine rings is 1. The molecule has 26 heavy (non-hydrogen) atoms. The van der Waals surface area contributed by atoms with Crippen LogP contribution < -0.4 is 5.32 Å². The smallest absolute Gasteiger partial charge is 0.253 e. The van der Waals surface area contributed by atoms with Crippen LogP contribution in [0.2, 0.25) is 0 Å². The van der Waals surface area contributed by atoms with Crippen LogP contribution in [-0.4, -0.2) is 80.0 Å². The van der Waals surface area contributed by atoms with Gasteiger partial charge >= 0.3 is 0 Å². The Morgan fingerprint density at radius 2 is 1.85 bits per heavy atom. The maximum atomic E-state index is 12.9. The number of benzene rings is 1. The van der Waals surface area contributed by atoms with Crippen molar-refractivity contribution in [1.29, 1.82) is 0 Å². The molecule has 1 aromatic carbocycles. The molecule has 2 aliphatic rings. The van der Waals surface area contributed by atoms with Crippen molar-refractivity contribution in [3.63, 3.8) is 0 Å². The molecule has 0 unspecified atom stereocenters. The van der Waals surface area contributed by atoms with Gasteiger partial charge in [0.25, 0.3) is 5.91 Å². The van der Waals surface area contributed by atoms with Crippen molar-refractivity contribution in [2.45, 2.75) is 26.3 Å². The first kappa shape index (κ1) is 19.3. The van der Waals surface area contributed by atoms with Gasteiger partial charge < -0.3 is 15.1 Å². The molecule has 1 N–H and O–H groups in total. The van der Waals surface area contributed by atoms with Gasteiger partial charge in [-0.2, -0.15) is 0 Å².